The van der Waals surface area contributed by atoms with Crippen LogP contribution in [-0.4, -0.2) is 25.8 Å². The molecule has 0 aromatic heterocycles. The lowest BCUT2D eigenvalue weighted by Gasteiger charge is -2.11. The van der Waals surface area contributed by atoms with Gasteiger partial charge in [0.25, 0.3) is 0 Å². The van der Waals surface area contributed by atoms with Crippen LogP contribution in [0.25, 0.3) is 0 Å². The molecule has 5 nitrogen and oxygen atoms in total. The van der Waals surface area contributed by atoms with E-state index in [0.717, 1.165) is 12.2 Å². The average molecular weight is 349 g/mol. The van der Waals surface area contributed by atoms with Crippen LogP contribution in [-0.2, 0) is 0 Å². The predicted molar refractivity (Wildman–Crippen MR) is 96.2 cm³/mol. The van der Waals surface area contributed by atoms with Gasteiger partial charge < -0.3 is 20.1 Å². The Morgan fingerprint density at radius 1 is 1.08 bits per heavy atom. The topological polar surface area (TPSA) is 59.6 Å². The number of urea groups is 1. The molecule has 2 aromatic carbocycles. The summed E-state index contributed by atoms with van der Waals surface area (Å²) in [6, 6.07) is 14.3. The van der Waals surface area contributed by atoms with Gasteiger partial charge in [-0.1, -0.05) is 36.7 Å². The van der Waals surface area contributed by atoms with Crippen LogP contribution in [0.1, 0.15) is 13.3 Å². The zero-order valence-corrected chi connectivity index (χ0v) is 14.3. The largest absolute Gasteiger partial charge is 0.492 e. The highest BCUT2D eigenvalue weighted by Gasteiger charge is 2.06. The highest BCUT2D eigenvalue weighted by molar-refractivity contribution is 6.32. The summed E-state index contributed by atoms with van der Waals surface area (Å²) in [6.45, 7) is 3.41. The number of benzene rings is 2. The van der Waals surface area contributed by atoms with E-state index in [1.54, 1.807) is 18.2 Å². The summed E-state index contributed by atoms with van der Waals surface area (Å²) < 4.78 is 11.0. The Labute approximate surface area is 146 Å². The molecular weight excluding hydrogens is 328 g/mol. The van der Waals surface area contributed by atoms with Gasteiger partial charge in [-0.2, -0.15) is 0 Å². The third-order valence-electron chi connectivity index (χ3n) is 3.05. The number of hydrogen-bond donors (Lipinski definition) is 2. The van der Waals surface area contributed by atoms with E-state index in [1.165, 1.54) is 0 Å². The SMILES string of the molecule is CCCOc1ccc(NC(=O)NCCOc2ccccc2)cc1Cl. The molecule has 6 heteroatoms. The third-order valence-corrected chi connectivity index (χ3v) is 3.35. The molecular formula is C18H21ClN2O3. The van der Waals surface area contributed by atoms with Gasteiger partial charge in [0.1, 0.15) is 18.1 Å². The van der Waals surface area contributed by atoms with E-state index in [-0.39, 0.29) is 6.03 Å². The van der Waals surface area contributed by atoms with Crippen LogP contribution in [0.4, 0.5) is 10.5 Å². The first kappa shape index (κ1) is 17.9. The minimum absolute atomic E-state index is 0.315. The molecule has 2 amide bonds. The van der Waals surface area contributed by atoms with Crippen molar-refractivity contribution in [1.29, 1.82) is 0 Å². The lowest BCUT2D eigenvalue weighted by Crippen LogP contribution is -2.32. The number of nitrogens with one attached hydrogen (secondary N) is 2. The molecule has 24 heavy (non-hydrogen) atoms. The van der Waals surface area contributed by atoms with Crippen LogP contribution in [0.3, 0.4) is 0 Å². The molecule has 0 aliphatic carbocycles. The normalized spacial score (nSPS) is 10.1. The number of rotatable bonds is 8. The Kier molecular flexibility index (Phi) is 7.23. The second-order valence-electron chi connectivity index (χ2n) is 5.04. The predicted octanol–water partition coefficient (Wildman–Crippen LogP) is 4.33. The van der Waals surface area contributed by atoms with Crippen molar-refractivity contribution in [2.24, 2.45) is 0 Å². The molecule has 2 N–H and O–H groups in total. The maximum absolute atomic E-state index is 11.8. The summed E-state index contributed by atoms with van der Waals surface area (Å²) in [7, 11) is 0. The third kappa shape index (κ3) is 6.01. The monoisotopic (exact) mass is 348 g/mol. The summed E-state index contributed by atoms with van der Waals surface area (Å²) in [5, 5.41) is 5.91. The van der Waals surface area contributed by atoms with Gasteiger partial charge in [0.05, 0.1) is 18.2 Å². The molecule has 0 aliphatic heterocycles. The summed E-state index contributed by atoms with van der Waals surface area (Å²) in [5.41, 5.74) is 0.602. The van der Waals surface area contributed by atoms with Crippen molar-refractivity contribution in [1.82, 2.24) is 5.32 Å². The molecule has 128 valence electrons. The fourth-order valence-electron chi connectivity index (χ4n) is 1.93. The minimum Gasteiger partial charge on any atom is -0.492 e. The number of amides is 2. The Morgan fingerprint density at radius 3 is 2.58 bits per heavy atom. The Bertz CT molecular complexity index is 650. The van der Waals surface area contributed by atoms with E-state index in [2.05, 4.69) is 10.6 Å². The van der Waals surface area contributed by atoms with Crippen LogP contribution in [0.2, 0.25) is 5.02 Å². The molecule has 2 rings (SSSR count). The van der Waals surface area contributed by atoms with Gasteiger partial charge in [-0.05, 0) is 36.8 Å². The van der Waals surface area contributed by atoms with Crippen molar-refractivity contribution in [2.45, 2.75) is 13.3 Å². The van der Waals surface area contributed by atoms with Gasteiger partial charge in [0, 0.05) is 5.69 Å². The Balaban J connectivity index is 1.73. The first-order chi connectivity index (χ1) is 11.7. The number of halogens is 1. The van der Waals surface area contributed by atoms with Crippen LogP contribution >= 0.6 is 11.6 Å². The highest BCUT2D eigenvalue weighted by Crippen LogP contribution is 2.27. The average Bonchev–Trinajstić information content (AvgIpc) is 2.59. The summed E-state index contributed by atoms with van der Waals surface area (Å²) in [5.74, 6) is 1.38. The van der Waals surface area contributed by atoms with Crippen molar-refractivity contribution in [3.63, 3.8) is 0 Å². The van der Waals surface area contributed by atoms with E-state index >= 15 is 0 Å². The van der Waals surface area contributed by atoms with Crippen LogP contribution < -0.4 is 20.1 Å². The number of ether oxygens (including phenoxy) is 2. The van der Waals surface area contributed by atoms with Gasteiger partial charge in [-0.3, -0.25) is 0 Å². The molecule has 0 heterocycles. The second kappa shape index (κ2) is 9.67. The van der Waals surface area contributed by atoms with Gasteiger partial charge in [0.15, 0.2) is 0 Å². The van der Waals surface area contributed by atoms with Gasteiger partial charge in [-0.25, -0.2) is 4.79 Å². The lowest BCUT2D eigenvalue weighted by atomic mass is 10.3. The lowest BCUT2D eigenvalue weighted by molar-refractivity contribution is 0.247. The van der Waals surface area contributed by atoms with Crippen molar-refractivity contribution in [3.8, 4) is 11.5 Å². The summed E-state index contributed by atoms with van der Waals surface area (Å²) in [6.07, 6.45) is 0.907. The maximum atomic E-state index is 11.8. The summed E-state index contributed by atoms with van der Waals surface area (Å²) in [4.78, 5) is 11.8. The van der Waals surface area contributed by atoms with Crippen LogP contribution in [0, 0.1) is 0 Å². The number of hydrogen-bond acceptors (Lipinski definition) is 3. The van der Waals surface area contributed by atoms with E-state index in [1.807, 2.05) is 37.3 Å². The van der Waals surface area contributed by atoms with Crippen molar-refractivity contribution in [2.75, 3.05) is 25.1 Å². The molecule has 0 aliphatic rings. The highest BCUT2D eigenvalue weighted by atomic mass is 35.5. The molecule has 0 fully saturated rings. The Morgan fingerprint density at radius 2 is 1.88 bits per heavy atom. The molecule has 2 aromatic rings. The zero-order valence-electron chi connectivity index (χ0n) is 13.5. The van der Waals surface area contributed by atoms with E-state index in [9.17, 15) is 4.79 Å². The van der Waals surface area contributed by atoms with Gasteiger partial charge in [-0.15, -0.1) is 0 Å². The van der Waals surface area contributed by atoms with E-state index < -0.39 is 0 Å². The van der Waals surface area contributed by atoms with Gasteiger partial charge in [0.2, 0.25) is 0 Å². The fourth-order valence-corrected chi connectivity index (χ4v) is 2.17. The van der Waals surface area contributed by atoms with Gasteiger partial charge >= 0.3 is 6.03 Å². The smallest absolute Gasteiger partial charge is 0.319 e. The van der Waals surface area contributed by atoms with E-state index in [4.69, 9.17) is 21.1 Å². The molecule has 0 unspecified atom stereocenters. The zero-order chi connectivity index (χ0) is 17.2. The molecule has 0 saturated heterocycles. The van der Waals surface area contributed by atoms with Crippen molar-refractivity contribution in [3.05, 3.63) is 53.6 Å². The maximum Gasteiger partial charge on any atom is 0.319 e. The molecule has 0 saturated carbocycles. The Hall–Kier alpha value is -2.40. The fraction of sp³-hybridized carbons (Fsp3) is 0.278. The van der Waals surface area contributed by atoms with E-state index in [0.29, 0.717) is 36.2 Å². The molecule has 0 atom stereocenters. The quantitative estimate of drug-likeness (QED) is 0.698. The van der Waals surface area contributed by atoms with Crippen LogP contribution in [0.5, 0.6) is 11.5 Å². The number of carbonyl (C=O) groups excluding carboxylic acids is 1. The molecule has 0 radical (unpaired) electrons. The second-order valence-corrected chi connectivity index (χ2v) is 5.44. The first-order valence-corrected chi connectivity index (χ1v) is 8.22. The first-order valence-electron chi connectivity index (χ1n) is 7.84. The minimum atomic E-state index is -0.315. The molecule has 0 spiro atoms. The standard InChI is InChI=1S/C18H21ClN2O3/c1-2-11-24-17-9-8-14(13-16(17)19)21-18(22)20-10-12-23-15-6-4-3-5-7-15/h3-9,13H,2,10-12H2,1H3,(H2,20,21,22). The molecule has 0 bridgehead atoms. The number of para-hydroxylation sites is 1. The number of carbonyl (C=O) groups is 1. The summed E-state index contributed by atoms with van der Waals surface area (Å²) >= 11 is 6.13. The van der Waals surface area contributed by atoms with Crippen molar-refractivity contribution < 1.29 is 14.3 Å². The van der Waals surface area contributed by atoms with Crippen molar-refractivity contribution >= 4 is 23.3 Å². The van der Waals surface area contributed by atoms with Crippen LogP contribution in [0.15, 0.2) is 48.5 Å². The number of anilines is 1.